The second-order valence-corrected chi connectivity index (χ2v) is 11.2. The molecule has 6 heteroatoms. The summed E-state index contributed by atoms with van der Waals surface area (Å²) < 4.78 is 27.5. The van der Waals surface area contributed by atoms with Crippen LogP contribution in [0.1, 0.15) is 83.8 Å². The molecule has 0 unspecified atom stereocenters. The summed E-state index contributed by atoms with van der Waals surface area (Å²) in [5, 5.41) is 6.84. The van der Waals surface area contributed by atoms with Gasteiger partial charge in [0.15, 0.2) is 0 Å². The molecule has 0 spiro atoms. The molecule has 1 fully saturated rings. The third kappa shape index (κ3) is 7.84. The normalized spacial score (nSPS) is 24.1. The minimum Gasteiger partial charge on any atom is -0.353 e. The summed E-state index contributed by atoms with van der Waals surface area (Å²) in [7, 11) is 0. The van der Waals surface area contributed by atoms with Gasteiger partial charge in [-0.1, -0.05) is 50.6 Å². The number of allylic oxidation sites excluding steroid dienone is 5. The summed E-state index contributed by atoms with van der Waals surface area (Å²) in [4.78, 5) is 11.9. The summed E-state index contributed by atoms with van der Waals surface area (Å²) in [5.41, 5.74) is 9.50. The van der Waals surface area contributed by atoms with Crippen LogP contribution in [0.2, 0.25) is 0 Å². The average Bonchev–Trinajstić information content (AvgIpc) is 2.93. The number of nitrogens with one attached hydrogen (secondary N) is 2. The van der Waals surface area contributed by atoms with E-state index in [1.54, 1.807) is 0 Å². The summed E-state index contributed by atoms with van der Waals surface area (Å²) >= 11 is 0. The van der Waals surface area contributed by atoms with Crippen LogP contribution in [-0.2, 0) is 15.7 Å². The van der Waals surface area contributed by atoms with Gasteiger partial charge in [-0.25, -0.2) is 8.78 Å². The van der Waals surface area contributed by atoms with E-state index in [1.807, 2.05) is 0 Å². The number of halogens is 2. The summed E-state index contributed by atoms with van der Waals surface area (Å²) in [6.45, 7) is 8.85. The van der Waals surface area contributed by atoms with Crippen molar-refractivity contribution in [3.8, 4) is 0 Å². The molecule has 0 heterocycles. The molecule has 1 aromatic carbocycles. The van der Waals surface area contributed by atoms with E-state index in [4.69, 9.17) is 5.73 Å². The number of rotatable bonds is 8. The molecule has 2 aliphatic rings. The summed E-state index contributed by atoms with van der Waals surface area (Å²) in [5.74, 6) is -1.29. The van der Waals surface area contributed by atoms with Gasteiger partial charge in [-0.3, -0.25) is 4.79 Å². The predicted octanol–water partition coefficient (Wildman–Crippen LogP) is 5.99. The highest BCUT2D eigenvalue weighted by molar-refractivity contribution is 5.73. The molecule has 0 bridgehead atoms. The maximum Gasteiger partial charge on any atom is 0.217 e. The highest BCUT2D eigenvalue weighted by Crippen LogP contribution is 2.38. The fraction of sp³-hybridized carbons (Fsp3) is 0.552. The van der Waals surface area contributed by atoms with Gasteiger partial charge in [0.1, 0.15) is 11.7 Å². The third-order valence-electron chi connectivity index (χ3n) is 7.21. The van der Waals surface area contributed by atoms with Gasteiger partial charge < -0.3 is 16.4 Å². The lowest BCUT2D eigenvalue weighted by Gasteiger charge is -2.42. The zero-order valence-electron chi connectivity index (χ0n) is 21.6. The van der Waals surface area contributed by atoms with Crippen molar-refractivity contribution in [2.75, 3.05) is 6.54 Å². The highest BCUT2D eigenvalue weighted by atomic mass is 19.1. The van der Waals surface area contributed by atoms with E-state index in [1.165, 1.54) is 30.2 Å². The third-order valence-corrected chi connectivity index (χ3v) is 7.21. The van der Waals surface area contributed by atoms with Gasteiger partial charge in [0.05, 0.1) is 0 Å². The molecule has 3 rings (SSSR count). The molecule has 0 radical (unpaired) electrons. The van der Waals surface area contributed by atoms with Crippen molar-refractivity contribution in [3.63, 3.8) is 0 Å². The highest BCUT2D eigenvalue weighted by Gasteiger charge is 2.36. The topological polar surface area (TPSA) is 67.2 Å². The van der Waals surface area contributed by atoms with Gasteiger partial charge in [-0.15, -0.1) is 0 Å². The zero-order valence-corrected chi connectivity index (χ0v) is 21.6. The fourth-order valence-electron chi connectivity index (χ4n) is 5.16. The molecule has 192 valence electrons. The van der Waals surface area contributed by atoms with E-state index in [9.17, 15) is 13.6 Å². The van der Waals surface area contributed by atoms with Crippen LogP contribution in [-0.4, -0.2) is 24.5 Å². The van der Waals surface area contributed by atoms with E-state index in [2.05, 4.69) is 55.7 Å². The minimum absolute atomic E-state index is 0.0584. The Kier molecular flexibility index (Phi) is 9.05. The molecule has 1 atom stereocenters. The summed E-state index contributed by atoms with van der Waals surface area (Å²) in [6, 6.07) is 8.91. The van der Waals surface area contributed by atoms with E-state index in [0.717, 1.165) is 37.3 Å². The van der Waals surface area contributed by atoms with Crippen molar-refractivity contribution in [2.24, 2.45) is 5.73 Å². The average molecular weight is 486 g/mol. The number of hydrogen-bond donors (Lipinski definition) is 3. The maximum atomic E-state index is 13.9. The Morgan fingerprint density at radius 1 is 1.17 bits per heavy atom. The van der Waals surface area contributed by atoms with E-state index in [0.29, 0.717) is 25.8 Å². The van der Waals surface area contributed by atoms with Crippen LogP contribution in [0.4, 0.5) is 8.78 Å². The first-order valence-electron chi connectivity index (χ1n) is 12.8. The number of amides is 1. The van der Waals surface area contributed by atoms with Crippen molar-refractivity contribution >= 4 is 5.91 Å². The first kappa shape index (κ1) is 27.3. The molecule has 1 amide bonds. The number of benzene rings is 1. The Morgan fingerprint density at radius 2 is 1.89 bits per heavy atom. The van der Waals surface area contributed by atoms with Gasteiger partial charge in [-0.2, -0.15) is 0 Å². The second kappa shape index (κ2) is 11.6. The van der Waals surface area contributed by atoms with E-state index >= 15 is 0 Å². The van der Waals surface area contributed by atoms with Crippen molar-refractivity contribution in [2.45, 2.75) is 95.7 Å². The van der Waals surface area contributed by atoms with E-state index < -0.39 is 11.7 Å². The largest absolute Gasteiger partial charge is 0.353 e. The molecule has 0 saturated heterocycles. The molecule has 35 heavy (non-hydrogen) atoms. The molecule has 0 aromatic heterocycles. The van der Waals surface area contributed by atoms with Crippen LogP contribution in [0.15, 0.2) is 59.7 Å². The number of nitrogens with two attached hydrogens (primary N) is 1. The van der Waals surface area contributed by atoms with Gasteiger partial charge in [0.2, 0.25) is 5.91 Å². The number of carbonyl (C=O) groups is 1. The Hall–Kier alpha value is -2.31. The zero-order chi connectivity index (χ0) is 25.6. The molecule has 1 saturated carbocycles. The van der Waals surface area contributed by atoms with E-state index in [-0.39, 0.29) is 28.9 Å². The lowest BCUT2D eigenvalue weighted by molar-refractivity contribution is -0.119. The minimum atomic E-state index is -0.595. The van der Waals surface area contributed by atoms with Crippen LogP contribution >= 0.6 is 0 Å². The van der Waals surface area contributed by atoms with Gasteiger partial charge in [0.25, 0.3) is 0 Å². The number of carbonyl (C=O) groups excluding carboxylic acids is 1. The molecular formula is C29H41F2N3O. The van der Waals surface area contributed by atoms with Crippen LogP contribution in [0, 0.1) is 0 Å². The Balaban J connectivity index is 1.75. The SMILES string of the molecule is CC(=O)N[C@H](CCNC1(c2cccc(C(C)(C)C)c2)CCC(N)CC1)CC1=CC(F)=CC(F)=CC1. The van der Waals surface area contributed by atoms with Crippen molar-refractivity contribution < 1.29 is 13.6 Å². The van der Waals surface area contributed by atoms with Crippen LogP contribution < -0.4 is 16.4 Å². The monoisotopic (exact) mass is 485 g/mol. The van der Waals surface area contributed by atoms with Gasteiger partial charge in [-0.05, 0) is 80.2 Å². The Labute approximate surface area is 209 Å². The van der Waals surface area contributed by atoms with Crippen molar-refractivity contribution in [1.82, 2.24) is 10.6 Å². The second-order valence-electron chi connectivity index (χ2n) is 11.2. The molecule has 1 aromatic rings. The lowest BCUT2D eigenvalue weighted by atomic mass is 9.73. The molecule has 4 nitrogen and oxygen atoms in total. The molecule has 2 aliphatic carbocycles. The van der Waals surface area contributed by atoms with Crippen molar-refractivity contribution in [1.29, 1.82) is 0 Å². The Bertz CT molecular complexity index is 982. The quantitative estimate of drug-likeness (QED) is 0.424. The smallest absolute Gasteiger partial charge is 0.217 e. The molecular weight excluding hydrogens is 444 g/mol. The maximum absolute atomic E-state index is 13.9. The standard InChI is InChI=1S/C29H41F2N3O/c1-20(35)34-27(17-21-8-9-24(30)19-25(31)16-21)12-15-33-29(13-10-26(32)11-14-29)23-7-5-6-22(18-23)28(2,3)4/h5-7,9,16,18-19,26-27,33H,8,10-15,17,32H2,1-4H3,(H,34,35)/t26?,27-,29?/m1/s1. The fourth-order valence-corrected chi connectivity index (χ4v) is 5.16. The summed E-state index contributed by atoms with van der Waals surface area (Å²) in [6.07, 6.45) is 8.97. The molecule has 0 aliphatic heterocycles. The number of hydrogen-bond acceptors (Lipinski definition) is 3. The first-order valence-corrected chi connectivity index (χ1v) is 12.8. The molecule has 4 N–H and O–H groups in total. The first-order chi connectivity index (χ1) is 16.5. The lowest BCUT2D eigenvalue weighted by Crippen LogP contribution is -2.49. The van der Waals surface area contributed by atoms with Crippen LogP contribution in [0.5, 0.6) is 0 Å². The predicted molar refractivity (Wildman–Crippen MR) is 139 cm³/mol. The van der Waals surface area contributed by atoms with Crippen LogP contribution in [0.25, 0.3) is 0 Å². The van der Waals surface area contributed by atoms with Crippen LogP contribution in [0.3, 0.4) is 0 Å². The van der Waals surface area contributed by atoms with Gasteiger partial charge in [0, 0.05) is 30.6 Å². The van der Waals surface area contributed by atoms with Gasteiger partial charge >= 0.3 is 0 Å². The van der Waals surface area contributed by atoms with Crippen molar-refractivity contribution in [3.05, 3.63) is 70.8 Å². The Morgan fingerprint density at radius 3 is 2.54 bits per heavy atom.